The number of halogens is 6. The Kier molecular flexibility index (Phi) is 5.78. The van der Waals surface area contributed by atoms with Crippen molar-refractivity contribution in [3.05, 3.63) is 92.0 Å². The molecule has 5 rings (SSSR count). The van der Waals surface area contributed by atoms with Crippen molar-refractivity contribution in [2.45, 2.75) is 37.9 Å². The lowest BCUT2D eigenvalue weighted by Gasteiger charge is -2.24. The van der Waals surface area contributed by atoms with Crippen LogP contribution in [0.5, 0.6) is 0 Å². The third-order valence-electron chi connectivity index (χ3n) is 6.70. The zero-order chi connectivity index (χ0) is 25.9. The van der Waals surface area contributed by atoms with Crippen molar-refractivity contribution in [1.29, 1.82) is 0 Å². The summed E-state index contributed by atoms with van der Waals surface area (Å²) in [7, 11) is 0. The van der Waals surface area contributed by atoms with E-state index in [0.29, 0.717) is 25.0 Å². The van der Waals surface area contributed by atoms with Crippen LogP contribution < -0.4 is 11.1 Å². The van der Waals surface area contributed by atoms with E-state index in [1.54, 1.807) is 6.07 Å². The van der Waals surface area contributed by atoms with Crippen molar-refractivity contribution in [3.8, 4) is 11.1 Å². The second-order valence-electron chi connectivity index (χ2n) is 8.87. The molecule has 0 fully saturated rings. The zero-order valence-electron chi connectivity index (χ0n) is 18.5. The predicted molar refractivity (Wildman–Crippen MR) is 123 cm³/mol. The number of nitrogens with two attached hydrogens (primary N) is 1. The van der Waals surface area contributed by atoms with Crippen LogP contribution in [-0.2, 0) is 19.0 Å². The van der Waals surface area contributed by atoms with Crippen LogP contribution in [0.2, 0.25) is 5.02 Å². The van der Waals surface area contributed by atoms with Gasteiger partial charge in [0.2, 0.25) is 5.91 Å². The highest BCUT2D eigenvalue weighted by Gasteiger charge is 2.40. The summed E-state index contributed by atoms with van der Waals surface area (Å²) in [5.74, 6) is -3.71. The normalized spacial score (nSPS) is 16.9. The number of carbonyl (C=O) groups is 2. The number of carbonyl (C=O) groups excluding carboxylic acids is 2. The maximum atomic E-state index is 15.5. The third-order valence-corrected chi connectivity index (χ3v) is 7.05. The SMILES string of the molecule is NC(=O)c1cc(C(F)(F)F)cc(F)c1-c1cc2c(c3c1C(c1cc(F)ccc1Cl)NC3=O)CCCC2. The molecule has 1 heterocycles. The fourth-order valence-corrected chi connectivity index (χ4v) is 5.40. The highest BCUT2D eigenvalue weighted by atomic mass is 35.5. The number of fused-ring (bicyclic) bond motifs is 3. The Morgan fingerprint density at radius 2 is 1.75 bits per heavy atom. The van der Waals surface area contributed by atoms with Crippen LogP contribution in [0.25, 0.3) is 11.1 Å². The van der Waals surface area contributed by atoms with Gasteiger partial charge in [0.1, 0.15) is 11.6 Å². The molecular weight excluding hydrogens is 503 g/mol. The van der Waals surface area contributed by atoms with Crippen LogP contribution in [0.4, 0.5) is 22.0 Å². The standard InChI is InChI=1S/C26H18ClF5N2O2/c27-18-6-5-13(28)10-15(18)23-21-16(7-11-3-1-2-4-14(11)22(21)25(36)34-23)20-17(24(33)35)8-12(9-19(20)29)26(30,31)32/h5-10,23H,1-4H2,(H2,33,35)(H,34,36). The van der Waals surface area contributed by atoms with Gasteiger partial charge in [0.05, 0.1) is 17.2 Å². The Bertz CT molecular complexity index is 1450. The van der Waals surface area contributed by atoms with E-state index in [-0.39, 0.29) is 27.3 Å². The van der Waals surface area contributed by atoms with Crippen molar-refractivity contribution in [3.63, 3.8) is 0 Å². The summed E-state index contributed by atoms with van der Waals surface area (Å²) in [6.45, 7) is 0. The van der Waals surface area contributed by atoms with Gasteiger partial charge in [-0.15, -0.1) is 0 Å². The first kappa shape index (κ1) is 24.2. The summed E-state index contributed by atoms with van der Waals surface area (Å²) in [5.41, 5.74) is 5.05. The number of hydrogen-bond donors (Lipinski definition) is 2. The Labute approximate surface area is 207 Å². The molecule has 1 unspecified atom stereocenters. The van der Waals surface area contributed by atoms with E-state index in [4.69, 9.17) is 17.3 Å². The highest BCUT2D eigenvalue weighted by molar-refractivity contribution is 6.31. The Hall–Kier alpha value is -3.46. The molecule has 0 saturated heterocycles. The minimum atomic E-state index is -4.92. The number of alkyl halides is 3. The molecule has 0 radical (unpaired) electrons. The van der Waals surface area contributed by atoms with Gasteiger partial charge in [-0.25, -0.2) is 8.78 Å². The van der Waals surface area contributed by atoms with Crippen molar-refractivity contribution in [2.24, 2.45) is 5.73 Å². The first-order valence-electron chi connectivity index (χ1n) is 11.1. The molecule has 4 nitrogen and oxygen atoms in total. The van der Waals surface area contributed by atoms with Gasteiger partial charge >= 0.3 is 6.18 Å². The number of hydrogen-bond acceptors (Lipinski definition) is 2. The molecule has 1 aliphatic carbocycles. The summed E-state index contributed by atoms with van der Waals surface area (Å²) >= 11 is 6.33. The van der Waals surface area contributed by atoms with Crippen LogP contribution in [0, 0.1) is 11.6 Å². The first-order chi connectivity index (χ1) is 17.0. The van der Waals surface area contributed by atoms with Gasteiger partial charge in [0.15, 0.2) is 0 Å². The average molecular weight is 521 g/mol. The molecule has 36 heavy (non-hydrogen) atoms. The summed E-state index contributed by atoms with van der Waals surface area (Å²) in [4.78, 5) is 25.5. The monoisotopic (exact) mass is 520 g/mol. The number of rotatable bonds is 3. The van der Waals surface area contributed by atoms with E-state index in [0.717, 1.165) is 36.1 Å². The predicted octanol–water partition coefficient (Wildman–Crippen LogP) is 6.11. The van der Waals surface area contributed by atoms with Crippen molar-refractivity contribution in [1.82, 2.24) is 5.32 Å². The molecule has 186 valence electrons. The van der Waals surface area contributed by atoms with Crippen molar-refractivity contribution < 1.29 is 31.5 Å². The van der Waals surface area contributed by atoms with E-state index >= 15 is 4.39 Å². The van der Waals surface area contributed by atoms with E-state index < -0.39 is 52.4 Å². The second-order valence-corrected chi connectivity index (χ2v) is 9.28. The topological polar surface area (TPSA) is 72.2 Å². The molecule has 10 heteroatoms. The van der Waals surface area contributed by atoms with Gasteiger partial charge in [-0.2, -0.15) is 13.2 Å². The first-order valence-corrected chi connectivity index (χ1v) is 11.5. The quantitative estimate of drug-likeness (QED) is 0.409. The minimum Gasteiger partial charge on any atom is -0.366 e. The number of amides is 2. The van der Waals surface area contributed by atoms with E-state index in [1.165, 1.54) is 6.07 Å². The Morgan fingerprint density at radius 1 is 1.03 bits per heavy atom. The molecule has 0 bridgehead atoms. The highest BCUT2D eigenvalue weighted by Crippen LogP contribution is 2.46. The second kappa shape index (κ2) is 8.58. The Morgan fingerprint density at radius 3 is 2.44 bits per heavy atom. The molecular formula is C26H18ClF5N2O2. The Balaban J connectivity index is 1.87. The molecule has 0 saturated carbocycles. The van der Waals surface area contributed by atoms with E-state index in [1.807, 2.05) is 0 Å². The van der Waals surface area contributed by atoms with Crippen LogP contribution in [0.3, 0.4) is 0 Å². The number of aryl methyl sites for hydroxylation is 1. The number of nitrogens with one attached hydrogen (secondary N) is 1. The van der Waals surface area contributed by atoms with Crippen LogP contribution in [0.1, 0.15) is 67.4 Å². The van der Waals surface area contributed by atoms with Gasteiger partial charge in [0.25, 0.3) is 5.91 Å². The summed E-state index contributed by atoms with van der Waals surface area (Å²) in [6, 6.07) is 4.93. The van der Waals surface area contributed by atoms with Crippen LogP contribution >= 0.6 is 11.6 Å². The maximum Gasteiger partial charge on any atom is 0.416 e. The average Bonchev–Trinajstić information content (AvgIpc) is 3.16. The lowest BCUT2D eigenvalue weighted by Crippen LogP contribution is -2.21. The van der Waals surface area contributed by atoms with Crippen molar-refractivity contribution >= 4 is 23.4 Å². The summed E-state index contributed by atoms with van der Waals surface area (Å²) < 4.78 is 69.8. The largest absolute Gasteiger partial charge is 0.416 e. The van der Waals surface area contributed by atoms with Crippen LogP contribution in [0.15, 0.2) is 36.4 Å². The number of benzene rings is 3. The smallest absolute Gasteiger partial charge is 0.366 e. The van der Waals surface area contributed by atoms with Gasteiger partial charge in [-0.3, -0.25) is 9.59 Å². The molecule has 3 aromatic rings. The molecule has 2 aliphatic rings. The van der Waals surface area contributed by atoms with E-state index in [9.17, 15) is 27.2 Å². The summed E-state index contributed by atoms with van der Waals surface area (Å²) in [5, 5.41) is 2.89. The van der Waals surface area contributed by atoms with Gasteiger partial charge in [-0.1, -0.05) is 17.7 Å². The van der Waals surface area contributed by atoms with E-state index in [2.05, 4.69) is 5.32 Å². The lowest BCUT2D eigenvalue weighted by atomic mass is 9.79. The molecule has 1 aliphatic heterocycles. The molecule has 0 spiro atoms. The lowest BCUT2D eigenvalue weighted by molar-refractivity contribution is -0.137. The van der Waals surface area contributed by atoms with Gasteiger partial charge in [0, 0.05) is 21.7 Å². The zero-order valence-corrected chi connectivity index (χ0v) is 19.3. The molecule has 3 aromatic carbocycles. The third kappa shape index (κ3) is 3.91. The fourth-order valence-electron chi connectivity index (χ4n) is 5.17. The van der Waals surface area contributed by atoms with Crippen LogP contribution in [-0.4, -0.2) is 11.8 Å². The minimum absolute atomic E-state index is 0.0364. The molecule has 0 aromatic heterocycles. The molecule has 2 amide bonds. The summed E-state index contributed by atoms with van der Waals surface area (Å²) in [6.07, 6.45) is -2.20. The van der Waals surface area contributed by atoms with Crippen molar-refractivity contribution in [2.75, 3.05) is 0 Å². The fraction of sp³-hybridized carbons (Fsp3) is 0.231. The number of primary amides is 1. The molecule has 3 N–H and O–H groups in total. The molecule has 1 atom stereocenters. The maximum absolute atomic E-state index is 15.5. The van der Waals surface area contributed by atoms with Gasteiger partial charge in [-0.05, 0) is 78.3 Å². The van der Waals surface area contributed by atoms with Gasteiger partial charge < -0.3 is 11.1 Å².